The molecule has 0 unspecified atom stereocenters. The molecule has 0 saturated carbocycles. The fraction of sp³-hybridized carbons (Fsp3) is 0.533. The topological polar surface area (TPSA) is 29.1 Å². The average molecular weight is 233 g/mol. The van der Waals surface area contributed by atoms with Gasteiger partial charge in [-0.25, -0.2) is 0 Å². The van der Waals surface area contributed by atoms with E-state index in [1.807, 2.05) is 39.0 Å². The summed E-state index contributed by atoms with van der Waals surface area (Å²) in [5.41, 5.74) is 1.56. The molecule has 0 bridgehead atoms. The van der Waals surface area contributed by atoms with Crippen LogP contribution in [0.25, 0.3) is 0 Å². The Hall–Kier alpha value is -1.15. The van der Waals surface area contributed by atoms with Crippen molar-refractivity contribution >= 4 is 5.78 Å². The van der Waals surface area contributed by atoms with Crippen LogP contribution in [0.15, 0.2) is 24.3 Å². The monoisotopic (exact) mass is 233 g/mol. The van der Waals surface area contributed by atoms with Crippen LogP contribution in [0.4, 0.5) is 0 Å². The fourth-order valence-electron chi connectivity index (χ4n) is 2.04. The van der Waals surface area contributed by atoms with E-state index in [9.17, 15) is 4.79 Å². The molecule has 1 rings (SSSR count). The van der Waals surface area contributed by atoms with Crippen molar-refractivity contribution in [1.82, 2.24) is 5.32 Å². The minimum absolute atomic E-state index is 0.164. The van der Waals surface area contributed by atoms with Crippen molar-refractivity contribution in [2.24, 2.45) is 0 Å². The first-order chi connectivity index (χ1) is 8.01. The number of hydrogen-bond donors (Lipinski definition) is 1. The van der Waals surface area contributed by atoms with Gasteiger partial charge in [0, 0.05) is 5.56 Å². The normalized spacial score (nSPS) is 11.5. The van der Waals surface area contributed by atoms with E-state index in [0.29, 0.717) is 0 Å². The van der Waals surface area contributed by atoms with Crippen molar-refractivity contribution < 1.29 is 4.79 Å². The van der Waals surface area contributed by atoms with E-state index in [2.05, 4.69) is 18.3 Å². The van der Waals surface area contributed by atoms with Crippen LogP contribution in [-0.4, -0.2) is 17.9 Å². The van der Waals surface area contributed by atoms with Gasteiger partial charge in [0.25, 0.3) is 0 Å². The second-order valence-corrected chi connectivity index (χ2v) is 4.93. The van der Waals surface area contributed by atoms with Crippen molar-refractivity contribution in [1.29, 1.82) is 0 Å². The summed E-state index contributed by atoms with van der Waals surface area (Å²) in [7, 11) is 0. The van der Waals surface area contributed by atoms with E-state index >= 15 is 0 Å². The van der Waals surface area contributed by atoms with Gasteiger partial charge in [-0.3, -0.25) is 4.79 Å². The third kappa shape index (κ3) is 3.67. The van der Waals surface area contributed by atoms with Gasteiger partial charge in [-0.1, -0.05) is 38.5 Å². The molecule has 0 heterocycles. The number of carbonyl (C=O) groups is 1. The Bertz CT molecular complexity index is 382. The van der Waals surface area contributed by atoms with Crippen molar-refractivity contribution in [2.45, 2.75) is 46.1 Å². The molecule has 0 atom stereocenters. The molecule has 0 aliphatic heterocycles. The molecule has 0 aliphatic carbocycles. The van der Waals surface area contributed by atoms with Crippen LogP contribution < -0.4 is 5.32 Å². The minimum atomic E-state index is -0.487. The van der Waals surface area contributed by atoms with Crippen molar-refractivity contribution in [3.05, 3.63) is 35.4 Å². The Morgan fingerprint density at radius 1 is 1.29 bits per heavy atom. The zero-order valence-corrected chi connectivity index (χ0v) is 11.3. The lowest BCUT2D eigenvalue weighted by Crippen LogP contribution is -2.46. The molecule has 0 aliphatic rings. The molecule has 0 fully saturated rings. The molecule has 1 N–H and O–H groups in total. The van der Waals surface area contributed by atoms with Gasteiger partial charge in [0.2, 0.25) is 0 Å². The maximum atomic E-state index is 12.4. The number of benzene rings is 1. The predicted molar refractivity (Wildman–Crippen MR) is 72.5 cm³/mol. The zero-order valence-electron chi connectivity index (χ0n) is 11.3. The molecule has 2 nitrogen and oxygen atoms in total. The molecular formula is C15H23NO. The van der Waals surface area contributed by atoms with Crippen LogP contribution in [0, 0.1) is 0 Å². The van der Waals surface area contributed by atoms with E-state index in [-0.39, 0.29) is 5.78 Å². The quantitative estimate of drug-likeness (QED) is 0.764. The van der Waals surface area contributed by atoms with Crippen molar-refractivity contribution in [3.63, 3.8) is 0 Å². The average Bonchev–Trinajstić information content (AvgIpc) is 2.29. The molecule has 0 amide bonds. The Labute approximate surface area is 104 Å². The van der Waals surface area contributed by atoms with Gasteiger partial charge < -0.3 is 5.32 Å². The molecule has 0 saturated heterocycles. The van der Waals surface area contributed by atoms with Gasteiger partial charge in [0.15, 0.2) is 5.78 Å². The molecule has 2 heteroatoms. The molecule has 0 radical (unpaired) electrons. The molecular weight excluding hydrogens is 210 g/mol. The van der Waals surface area contributed by atoms with E-state index in [4.69, 9.17) is 0 Å². The third-order valence-electron chi connectivity index (χ3n) is 2.91. The summed E-state index contributed by atoms with van der Waals surface area (Å²) in [4.78, 5) is 12.4. The number of likely N-dealkylation sites (N-methyl/N-ethyl adjacent to an activating group) is 1. The standard InChI is InChI=1S/C15H23NO/c1-5-8-12-9-7-10-13(11-12)14(17)15(3,4)16-6-2/h7,9-11,16H,5-6,8H2,1-4H3. The minimum Gasteiger partial charge on any atom is -0.305 e. The van der Waals surface area contributed by atoms with Crippen LogP contribution in [-0.2, 0) is 6.42 Å². The Balaban J connectivity index is 2.92. The summed E-state index contributed by atoms with van der Waals surface area (Å²) in [5.74, 6) is 0.164. The highest BCUT2D eigenvalue weighted by atomic mass is 16.1. The summed E-state index contributed by atoms with van der Waals surface area (Å²) in [6.07, 6.45) is 2.14. The molecule has 1 aromatic rings. The second-order valence-electron chi connectivity index (χ2n) is 4.93. The van der Waals surface area contributed by atoms with E-state index in [0.717, 1.165) is 24.9 Å². The van der Waals surface area contributed by atoms with Gasteiger partial charge in [-0.05, 0) is 38.4 Å². The lowest BCUT2D eigenvalue weighted by Gasteiger charge is -2.24. The number of nitrogens with one attached hydrogen (secondary N) is 1. The molecule has 17 heavy (non-hydrogen) atoms. The van der Waals surface area contributed by atoms with Crippen LogP contribution in [0.5, 0.6) is 0 Å². The fourth-order valence-corrected chi connectivity index (χ4v) is 2.04. The van der Waals surface area contributed by atoms with Gasteiger partial charge in [0.1, 0.15) is 0 Å². The van der Waals surface area contributed by atoms with Gasteiger partial charge in [0.05, 0.1) is 5.54 Å². The summed E-state index contributed by atoms with van der Waals surface area (Å²) >= 11 is 0. The first-order valence-corrected chi connectivity index (χ1v) is 6.40. The SMILES string of the molecule is CCCc1cccc(C(=O)C(C)(C)NCC)c1. The number of ketones is 1. The van der Waals surface area contributed by atoms with Gasteiger partial charge >= 0.3 is 0 Å². The number of aryl methyl sites for hydroxylation is 1. The second kappa shape index (κ2) is 5.97. The Kier molecular flexibility index (Phi) is 4.88. The number of hydrogen-bond acceptors (Lipinski definition) is 2. The lowest BCUT2D eigenvalue weighted by molar-refractivity contribution is 0.0884. The van der Waals surface area contributed by atoms with Crippen LogP contribution >= 0.6 is 0 Å². The molecule has 0 aromatic heterocycles. The molecule has 94 valence electrons. The van der Waals surface area contributed by atoms with Crippen LogP contribution in [0.1, 0.15) is 50.0 Å². The van der Waals surface area contributed by atoms with E-state index in [1.54, 1.807) is 0 Å². The number of carbonyl (C=O) groups excluding carboxylic acids is 1. The van der Waals surface area contributed by atoms with Gasteiger partial charge in [-0.15, -0.1) is 0 Å². The van der Waals surface area contributed by atoms with E-state index < -0.39 is 5.54 Å². The predicted octanol–water partition coefficient (Wildman–Crippen LogP) is 3.21. The largest absolute Gasteiger partial charge is 0.305 e. The summed E-state index contributed by atoms with van der Waals surface area (Å²) in [6.45, 7) is 8.84. The summed E-state index contributed by atoms with van der Waals surface area (Å²) < 4.78 is 0. The number of rotatable bonds is 6. The maximum Gasteiger partial charge on any atom is 0.182 e. The molecule has 1 aromatic carbocycles. The Morgan fingerprint density at radius 2 is 2.00 bits per heavy atom. The highest BCUT2D eigenvalue weighted by Gasteiger charge is 2.27. The molecule has 0 spiro atoms. The maximum absolute atomic E-state index is 12.4. The van der Waals surface area contributed by atoms with Crippen molar-refractivity contribution in [2.75, 3.05) is 6.54 Å². The first kappa shape index (κ1) is 13.9. The van der Waals surface area contributed by atoms with Crippen LogP contribution in [0.3, 0.4) is 0 Å². The highest BCUT2D eigenvalue weighted by Crippen LogP contribution is 2.15. The lowest BCUT2D eigenvalue weighted by atomic mass is 9.92. The zero-order chi connectivity index (χ0) is 12.9. The smallest absolute Gasteiger partial charge is 0.182 e. The van der Waals surface area contributed by atoms with Crippen LogP contribution in [0.2, 0.25) is 0 Å². The third-order valence-corrected chi connectivity index (χ3v) is 2.91. The summed E-state index contributed by atoms with van der Waals surface area (Å²) in [6, 6.07) is 7.98. The number of Topliss-reactive ketones (excluding diaryl/α,β-unsaturated/α-hetero) is 1. The van der Waals surface area contributed by atoms with Gasteiger partial charge in [-0.2, -0.15) is 0 Å². The van der Waals surface area contributed by atoms with E-state index in [1.165, 1.54) is 5.56 Å². The first-order valence-electron chi connectivity index (χ1n) is 6.40. The highest BCUT2D eigenvalue weighted by molar-refractivity contribution is 6.02. The Morgan fingerprint density at radius 3 is 2.59 bits per heavy atom. The summed E-state index contributed by atoms with van der Waals surface area (Å²) in [5, 5.41) is 3.22. The van der Waals surface area contributed by atoms with Crippen molar-refractivity contribution in [3.8, 4) is 0 Å².